The van der Waals surface area contributed by atoms with Gasteiger partial charge in [-0.05, 0) is 89.0 Å². The second kappa shape index (κ2) is 15.8. The number of hydrogen-bond donors (Lipinski definition) is 0. The Balaban J connectivity index is 1.03. The molecular formula is C63H39N5S. The number of rotatable bonds is 7. The Morgan fingerprint density at radius 3 is 1.43 bits per heavy atom. The Bertz CT molecular complexity index is 4250. The predicted molar refractivity (Wildman–Crippen MR) is 289 cm³/mol. The van der Waals surface area contributed by atoms with E-state index >= 15 is 0 Å². The lowest BCUT2D eigenvalue weighted by atomic mass is 9.97. The van der Waals surface area contributed by atoms with E-state index in [0.717, 1.165) is 60.2 Å². The third-order valence-electron chi connectivity index (χ3n) is 13.6. The van der Waals surface area contributed by atoms with Gasteiger partial charge in [0.1, 0.15) is 0 Å². The molecule has 0 amide bonds. The van der Waals surface area contributed by atoms with Gasteiger partial charge >= 0.3 is 0 Å². The monoisotopic (exact) mass is 897 g/mol. The molecule has 5 nitrogen and oxygen atoms in total. The van der Waals surface area contributed by atoms with Crippen molar-refractivity contribution in [3.8, 4) is 67.8 Å². The van der Waals surface area contributed by atoms with E-state index in [1.165, 1.54) is 53.9 Å². The molecule has 0 saturated carbocycles. The van der Waals surface area contributed by atoms with Crippen molar-refractivity contribution >= 4 is 75.1 Å². The maximum atomic E-state index is 5.50. The highest BCUT2D eigenvalue weighted by Crippen LogP contribution is 2.45. The van der Waals surface area contributed by atoms with Gasteiger partial charge in [-0.25, -0.2) is 15.0 Å². The third-order valence-corrected chi connectivity index (χ3v) is 14.8. The molecule has 322 valence electrons. The van der Waals surface area contributed by atoms with E-state index in [1.807, 2.05) is 18.2 Å². The van der Waals surface area contributed by atoms with Crippen molar-refractivity contribution in [2.75, 3.05) is 0 Å². The summed E-state index contributed by atoms with van der Waals surface area (Å²) in [5.41, 5.74) is 14.2. The fraction of sp³-hybridized carbons (Fsp3) is 0. The van der Waals surface area contributed by atoms with E-state index in [1.54, 1.807) is 11.3 Å². The number of hydrogen-bond acceptors (Lipinski definition) is 4. The molecule has 0 aliphatic heterocycles. The maximum Gasteiger partial charge on any atom is 0.165 e. The van der Waals surface area contributed by atoms with Crippen LogP contribution in [0.5, 0.6) is 0 Å². The van der Waals surface area contributed by atoms with Crippen LogP contribution >= 0.6 is 11.3 Å². The van der Waals surface area contributed by atoms with Gasteiger partial charge in [0.05, 0.1) is 22.1 Å². The van der Waals surface area contributed by atoms with Crippen molar-refractivity contribution < 1.29 is 0 Å². The Morgan fingerprint density at radius 2 is 0.768 bits per heavy atom. The van der Waals surface area contributed by atoms with E-state index in [2.05, 4.69) is 228 Å². The number of benzene rings is 10. The lowest BCUT2D eigenvalue weighted by Crippen LogP contribution is -2.02. The highest BCUT2D eigenvalue weighted by molar-refractivity contribution is 7.26. The predicted octanol–water partition coefficient (Wildman–Crippen LogP) is 16.8. The normalized spacial score (nSPS) is 11.8. The Morgan fingerprint density at radius 1 is 0.275 bits per heavy atom. The molecular weight excluding hydrogens is 859 g/mol. The quantitative estimate of drug-likeness (QED) is 0.160. The molecule has 0 aliphatic rings. The Kier molecular flexibility index (Phi) is 9.00. The van der Waals surface area contributed by atoms with Crippen molar-refractivity contribution in [2.45, 2.75) is 0 Å². The third kappa shape index (κ3) is 6.49. The highest BCUT2D eigenvalue weighted by atomic mass is 32.1. The topological polar surface area (TPSA) is 48.5 Å². The molecule has 0 saturated heterocycles. The van der Waals surface area contributed by atoms with E-state index < -0.39 is 0 Å². The Hall–Kier alpha value is -8.97. The van der Waals surface area contributed by atoms with Crippen molar-refractivity contribution in [3.05, 3.63) is 237 Å². The Labute approximate surface area is 401 Å². The summed E-state index contributed by atoms with van der Waals surface area (Å²) in [4.78, 5) is 16.2. The van der Waals surface area contributed by atoms with Crippen LogP contribution in [-0.4, -0.2) is 24.1 Å². The zero-order valence-electron chi connectivity index (χ0n) is 37.2. The van der Waals surface area contributed by atoms with Gasteiger partial charge in [-0.1, -0.05) is 170 Å². The zero-order valence-corrected chi connectivity index (χ0v) is 38.0. The number of nitrogens with zero attached hydrogens (tertiary/aromatic N) is 5. The minimum atomic E-state index is 0.614. The fourth-order valence-electron chi connectivity index (χ4n) is 10.4. The number of thiophene rings is 1. The van der Waals surface area contributed by atoms with E-state index in [4.69, 9.17) is 15.0 Å². The van der Waals surface area contributed by atoms with Crippen molar-refractivity contribution in [1.29, 1.82) is 0 Å². The van der Waals surface area contributed by atoms with E-state index in [0.29, 0.717) is 17.5 Å². The number of fused-ring (bicyclic) bond motifs is 9. The SMILES string of the molecule is c1ccc(-c2cccc(-c3ccc4sc5c(-c6nc(-c7ccccc7)nc(-c7ccc8c9ccccc9n(-c9ccccc9)c8c7)n6)cc(-n6c7ccccc7c7ccccc76)cc5c4c3)c2)cc1. The largest absolute Gasteiger partial charge is 0.309 e. The standard InChI is InChI=1S/C63H39N5S/c1-4-17-40(18-5-1)42-21-16-22-43(35-42)44-32-34-59-52(36-44)53-38-47(68-56-29-14-10-25-48(56)49-26-11-15-30-57(49)68)39-54(60(53)69-59)63-65-61(41-19-6-2-7-20-41)64-62(66-63)45-31-33-51-50-27-12-13-28-55(50)67(58(51)37-45)46-23-8-3-9-24-46/h1-39H. The first-order valence-electron chi connectivity index (χ1n) is 23.3. The maximum absolute atomic E-state index is 5.50. The number of aromatic nitrogens is 5. The van der Waals surface area contributed by atoms with Crippen LogP contribution in [0.4, 0.5) is 0 Å². The second-order valence-corrected chi connectivity index (χ2v) is 18.6. The molecule has 4 aromatic heterocycles. The van der Waals surface area contributed by atoms with Crippen molar-refractivity contribution in [3.63, 3.8) is 0 Å². The van der Waals surface area contributed by atoms with Crippen LogP contribution in [0.25, 0.3) is 132 Å². The first kappa shape index (κ1) is 39.2. The summed E-state index contributed by atoms with van der Waals surface area (Å²) >= 11 is 1.79. The van der Waals surface area contributed by atoms with Crippen LogP contribution in [-0.2, 0) is 0 Å². The average Bonchev–Trinajstić information content (AvgIpc) is 4.08. The van der Waals surface area contributed by atoms with E-state index in [9.17, 15) is 0 Å². The smallest absolute Gasteiger partial charge is 0.165 e. The second-order valence-electron chi connectivity index (χ2n) is 17.6. The molecule has 14 rings (SSSR count). The minimum Gasteiger partial charge on any atom is -0.309 e. The molecule has 0 radical (unpaired) electrons. The minimum absolute atomic E-state index is 0.614. The summed E-state index contributed by atoms with van der Waals surface area (Å²) in [6, 6.07) is 84.6. The summed E-state index contributed by atoms with van der Waals surface area (Å²) in [6.45, 7) is 0. The lowest BCUT2D eigenvalue weighted by molar-refractivity contribution is 1.07. The van der Waals surface area contributed by atoms with Gasteiger partial charge in [0.2, 0.25) is 0 Å². The van der Waals surface area contributed by atoms with Crippen LogP contribution in [0.15, 0.2) is 237 Å². The molecule has 0 fully saturated rings. The van der Waals surface area contributed by atoms with Crippen LogP contribution < -0.4 is 0 Å². The van der Waals surface area contributed by atoms with Gasteiger partial charge < -0.3 is 9.13 Å². The number of para-hydroxylation sites is 4. The van der Waals surface area contributed by atoms with Crippen LogP contribution in [0, 0.1) is 0 Å². The summed E-state index contributed by atoms with van der Waals surface area (Å²) < 4.78 is 7.07. The molecule has 14 aromatic rings. The summed E-state index contributed by atoms with van der Waals surface area (Å²) in [7, 11) is 0. The van der Waals surface area contributed by atoms with Gasteiger partial charge in [-0.2, -0.15) is 0 Å². The average molecular weight is 898 g/mol. The van der Waals surface area contributed by atoms with Gasteiger partial charge in [0.15, 0.2) is 17.5 Å². The summed E-state index contributed by atoms with van der Waals surface area (Å²) in [5.74, 6) is 1.86. The molecule has 0 N–H and O–H groups in total. The lowest BCUT2D eigenvalue weighted by Gasteiger charge is -2.13. The molecule has 0 bridgehead atoms. The molecule has 10 aromatic carbocycles. The van der Waals surface area contributed by atoms with E-state index in [-0.39, 0.29) is 0 Å². The summed E-state index contributed by atoms with van der Waals surface area (Å²) in [6.07, 6.45) is 0. The highest BCUT2D eigenvalue weighted by Gasteiger charge is 2.22. The molecule has 0 spiro atoms. The van der Waals surface area contributed by atoms with Crippen LogP contribution in [0.2, 0.25) is 0 Å². The van der Waals surface area contributed by atoms with Crippen molar-refractivity contribution in [2.24, 2.45) is 0 Å². The first-order valence-corrected chi connectivity index (χ1v) is 24.1. The molecule has 6 heteroatoms. The molecule has 0 aliphatic carbocycles. The molecule has 0 atom stereocenters. The first-order chi connectivity index (χ1) is 34.2. The van der Waals surface area contributed by atoms with Crippen LogP contribution in [0.3, 0.4) is 0 Å². The van der Waals surface area contributed by atoms with Gasteiger partial charge in [0, 0.05) is 69.8 Å². The fourth-order valence-corrected chi connectivity index (χ4v) is 11.5. The van der Waals surface area contributed by atoms with Crippen molar-refractivity contribution in [1.82, 2.24) is 24.1 Å². The van der Waals surface area contributed by atoms with Crippen LogP contribution in [0.1, 0.15) is 0 Å². The van der Waals surface area contributed by atoms with Gasteiger partial charge in [-0.3, -0.25) is 0 Å². The van der Waals surface area contributed by atoms with Gasteiger partial charge in [-0.15, -0.1) is 11.3 Å². The molecule has 4 heterocycles. The zero-order chi connectivity index (χ0) is 45.4. The molecule has 0 unspecified atom stereocenters. The summed E-state index contributed by atoms with van der Waals surface area (Å²) in [5, 5.41) is 7.14. The van der Waals surface area contributed by atoms with Gasteiger partial charge in [0.25, 0.3) is 0 Å². The molecule has 69 heavy (non-hydrogen) atoms.